The van der Waals surface area contributed by atoms with Gasteiger partial charge in [0.25, 0.3) is 0 Å². The van der Waals surface area contributed by atoms with Crippen molar-refractivity contribution in [2.24, 2.45) is 0 Å². The molecule has 1 heterocycles. The van der Waals surface area contributed by atoms with Crippen LogP contribution in [-0.2, 0) is 11.0 Å². The van der Waals surface area contributed by atoms with Crippen LogP contribution in [0.5, 0.6) is 0 Å². The second-order valence-electron chi connectivity index (χ2n) is 9.38. The number of hydrogen-bond donors (Lipinski definition) is 1. The molecule has 0 atom stereocenters. The predicted octanol–water partition coefficient (Wildman–Crippen LogP) is 7.23. The van der Waals surface area contributed by atoms with E-state index >= 15 is 0 Å². The maximum Gasteiger partial charge on any atom is 0.416 e. The number of likely N-dealkylation sites (tertiary alicyclic amines) is 1. The minimum Gasteiger partial charge on any atom is -0.478 e. The van der Waals surface area contributed by atoms with E-state index in [9.17, 15) is 27.9 Å². The van der Waals surface area contributed by atoms with Crippen molar-refractivity contribution in [2.45, 2.75) is 24.9 Å². The summed E-state index contributed by atoms with van der Waals surface area (Å²) < 4.78 is 38.8. The third-order valence-electron chi connectivity index (χ3n) is 7.12. The number of alkyl halides is 3. The molecule has 37 heavy (non-hydrogen) atoms. The molecule has 4 aromatic carbocycles. The van der Waals surface area contributed by atoms with Crippen LogP contribution in [0.2, 0.25) is 0 Å². The second-order valence-corrected chi connectivity index (χ2v) is 9.38. The summed E-state index contributed by atoms with van der Waals surface area (Å²) in [7, 11) is 0. The summed E-state index contributed by atoms with van der Waals surface area (Å²) in [5.41, 5.74) is 3.58. The van der Waals surface area contributed by atoms with Gasteiger partial charge < -0.3 is 10.0 Å². The van der Waals surface area contributed by atoms with Crippen molar-refractivity contribution in [2.75, 3.05) is 13.1 Å². The number of fused-ring (bicyclic) bond motifs is 1. The van der Waals surface area contributed by atoms with Crippen molar-refractivity contribution in [1.29, 1.82) is 0 Å². The smallest absolute Gasteiger partial charge is 0.416 e. The van der Waals surface area contributed by atoms with Crippen LogP contribution in [-0.4, -0.2) is 35.5 Å². The van der Waals surface area contributed by atoms with Crippen LogP contribution in [0, 0.1) is 0 Å². The molecule has 0 unspecified atom stereocenters. The van der Waals surface area contributed by atoms with Gasteiger partial charge in [0.2, 0.25) is 6.41 Å². The fraction of sp³-hybridized carbons (Fsp3) is 0.200. The average Bonchev–Trinajstić information content (AvgIpc) is 2.92. The van der Waals surface area contributed by atoms with Gasteiger partial charge in [0.1, 0.15) is 0 Å². The molecule has 1 aliphatic rings. The van der Waals surface area contributed by atoms with Crippen LogP contribution in [0.3, 0.4) is 0 Å². The summed E-state index contributed by atoms with van der Waals surface area (Å²) in [6.07, 6.45) is -1.71. The molecule has 188 valence electrons. The van der Waals surface area contributed by atoms with Crippen LogP contribution < -0.4 is 0 Å². The number of benzene rings is 4. The third-order valence-corrected chi connectivity index (χ3v) is 7.12. The van der Waals surface area contributed by atoms with E-state index in [2.05, 4.69) is 12.1 Å². The topological polar surface area (TPSA) is 57.6 Å². The molecule has 0 bridgehead atoms. The van der Waals surface area contributed by atoms with Crippen LogP contribution in [0.25, 0.3) is 33.0 Å². The Morgan fingerprint density at radius 1 is 0.838 bits per heavy atom. The Hall–Kier alpha value is -4.13. The molecule has 1 saturated heterocycles. The van der Waals surface area contributed by atoms with Gasteiger partial charge >= 0.3 is 12.1 Å². The van der Waals surface area contributed by atoms with Gasteiger partial charge in [0.05, 0.1) is 11.1 Å². The van der Waals surface area contributed by atoms with Crippen molar-refractivity contribution in [3.05, 3.63) is 95.6 Å². The van der Waals surface area contributed by atoms with Crippen LogP contribution >= 0.6 is 0 Å². The molecule has 1 fully saturated rings. The lowest BCUT2D eigenvalue weighted by molar-refractivity contribution is -0.137. The summed E-state index contributed by atoms with van der Waals surface area (Å²) >= 11 is 0. The molecule has 7 heteroatoms. The van der Waals surface area contributed by atoms with Gasteiger partial charge in [-0.1, -0.05) is 48.5 Å². The van der Waals surface area contributed by atoms with Crippen molar-refractivity contribution in [3.8, 4) is 22.3 Å². The Morgan fingerprint density at radius 3 is 2.05 bits per heavy atom. The predicted molar refractivity (Wildman–Crippen MR) is 136 cm³/mol. The molecule has 0 saturated carbocycles. The average molecular weight is 504 g/mol. The van der Waals surface area contributed by atoms with Gasteiger partial charge in [-0.15, -0.1) is 0 Å². The number of carbonyl (C=O) groups excluding carboxylic acids is 1. The lowest BCUT2D eigenvalue weighted by atomic mass is 9.87. The zero-order valence-electron chi connectivity index (χ0n) is 19.8. The van der Waals surface area contributed by atoms with Gasteiger partial charge in [0.15, 0.2) is 0 Å². The summed E-state index contributed by atoms with van der Waals surface area (Å²) in [5.74, 6) is -0.680. The first-order valence-electron chi connectivity index (χ1n) is 12.0. The molecule has 0 aromatic heterocycles. The highest BCUT2D eigenvalue weighted by Crippen LogP contribution is 2.36. The van der Waals surface area contributed by atoms with Crippen molar-refractivity contribution >= 4 is 23.2 Å². The zero-order valence-corrected chi connectivity index (χ0v) is 19.8. The SMILES string of the molecule is O=CN1CCC(c2ccc(-c3cc(C(=O)O)cc4cc(-c5ccc(C(F)(F)F)cc5)ccc34)cc2)CC1. The number of carbonyl (C=O) groups is 2. The molecular weight excluding hydrogens is 479 g/mol. The van der Waals surface area contributed by atoms with Crippen molar-refractivity contribution in [3.63, 3.8) is 0 Å². The Morgan fingerprint density at radius 2 is 1.46 bits per heavy atom. The maximum absolute atomic E-state index is 12.9. The van der Waals surface area contributed by atoms with Gasteiger partial charge in [0, 0.05) is 13.1 Å². The summed E-state index contributed by atoms with van der Waals surface area (Å²) in [6, 6.07) is 21.8. The molecule has 5 rings (SSSR count). The molecule has 1 amide bonds. The van der Waals surface area contributed by atoms with E-state index in [1.54, 1.807) is 17.0 Å². The van der Waals surface area contributed by atoms with E-state index in [1.165, 1.54) is 17.7 Å². The first-order valence-corrected chi connectivity index (χ1v) is 12.0. The van der Waals surface area contributed by atoms with E-state index < -0.39 is 17.7 Å². The largest absolute Gasteiger partial charge is 0.478 e. The van der Waals surface area contributed by atoms with Gasteiger partial charge in [-0.2, -0.15) is 13.2 Å². The van der Waals surface area contributed by atoms with Crippen molar-refractivity contribution in [1.82, 2.24) is 4.90 Å². The normalized spacial score (nSPS) is 14.6. The fourth-order valence-corrected chi connectivity index (χ4v) is 5.04. The molecule has 0 radical (unpaired) electrons. The monoisotopic (exact) mass is 503 g/mol. The number of halogens is 3. The Bertz CT molecular complexity index is 1450. The third kappa shape index (κ3) is 5.07. The van der Waals surface area contributed by atoms with Crippen LogP contribution in [0.15, 0.2) is 78.9 Å². The van der Waals surface area contributed by atoms with Crippen LogP contribution in [0.4, 0.5) is 13.2 Å². The number of piperidine rings is 1. The van der Waals surface area contributed by atoms with Crippen molar-refractivity contribution < 1.29 is 27.9 Å². The van der Waals surface area contributed by atoms with Crippen LogP contribution in [0.1, 0.15) is 40.2 Å². The van der Waals surface area contributed by atoms with E-state index in [1.807, 2.05) is 30.3 Å². The Kier molecular flexibility index (Phi) is 6.46. The number of aromatic carboxylic acids is 1. The van der Waals surface area contributed by atoms with E-state index in [4.69, 9.17) is 0 Å². The molecule has 1 N–H and O–H groups in total. The highest BCUT2D eigenvalue weighted by atomic mass is 19.4. The lowest BCUT2D eigenvalue weighted by Crippen LogP contribution is -2.31. The highest BCUT2D eigenvalue weighted by molar-refractivity contribution is 6.04. The number of amides is 1. The molecule has 0 aliphatic carbocycles. The maximum atomic E-state index is 12.9. The van der Waals surface area contributed by atoms with Gasteiger partial charge in [-0.05, 0) is 87.7 Å². The Labute approximate surface area is 212 Å². The molecule has 4 nitrogen and oxygen atoms in total. The fourth-order valence-electron chi connectivity index (χ4n) is 5.04. The number of carboxylic acid groups (broad SMARTS) is 1. The first-order chi connectivity index (χ1) is 17.7. The quantitative estimate of drug-likeness (QED) is 0.293. The number of hydrogen-bond acceptors (Lipinski definition) is 2. The number of rotatable bonds is 5. The number of nitrogens with zero attached hydrogens (tertiary/aromatic N) is 1. The standard InChI is InChI=1S/C30H24F3NO3/c31-30(32,33)26-8-5-20(6-9-26)23-7-10-27-24(15-23)16-25(29(36)37)17-28(27)22-3-1-19(2-4-22)21-11-13-34(18-35)14-12-21/h1-10,15-18,21H,11-14H2,(H,36,37). The van der Waals surface area contributed by atoms with Gasteiger partial charge in [-0.25, -0.2) is 4.79 Å². The summed E-state index contributed by atoms with van der Waals surface area (Å²) in [5, 5.41) is 11.3. The van der Waals surface area contributed by atoms with E-state index in [-0.39, 0.29) is 5.56 Å². The second kappa shape index (κ2) is 9.73. The minimum absolute atomic E-state index is 0.136. The zero-order chi connectivity index (χ0) is 26.2. The first kappa shape index (κ1) is 24.6. The molecular formula is C30H24F3NO3. The molecule has 0 spiro atoms. The Balaban J connectivity index is 1.50. The summed E-state index contributed by atoms with van der Waals surface area (Å²) in [6.45, 7) is 1.48. The highest BCUT2D eigenvalue weighted by Gasteiger charge is 2.30. The number of carboxylic acids is 1. The molecule has 1 aliphatic heterocycles. The van der Waals surface area contributed by atoms with Gasteiger partial charge in [-0.3, -0.25) is 4.79 Å². The lowest BCUT2D eigenvalue weighted by Gasteiger charge is -2.29. The van der Waals surface area contributed by atoms with E-state index in [0.29, 0.717) is 22.4 Å². The minimum atomic E-state index is -4.41. The van der Waals surface area contributed by atoms with E-state index in [0.717, 1.165) is 61.0 Å². The molecule has 4 aromatic rings. The summed E-state index contributed by atoms with van der Waals surface area (Å²) in [4.78, 5) is 24.7.